The highest BCUT2D eigenvalue weighted by Crippen LogP contribution is 2.24. The highest BCUT2D eigenvalue weighted by atomic mass is 127. The van der Waals surface area contributed by atoms with E-state index in [-0.39, 0.29) is 6.04 Å². The van der Waals surface area contributed by atoms with E-state index >= 15 is 0 Å². The Morgan fingerprint density at radius 1 is 1.42 bits per heavy atom. The predicted molar refractivity (Wildman–Crippen MR) is 87.4 cm³/mol. The van der Waals surface area contributed by atoms with Crippen molar-refractivity contribution in [1.82, 2.24) is 9.78 Å². The molecule has 1 unspecified atom stereocenters. The highest BCUT2D eigenvalue weighted by Gasteiger charge is 2.12. The summed E-state index contributed by atoms with van der Waals surface area (Å²) in [7, 11) is 0. The van der Waals surface area contributed by atoms with Crippen molar-refractivity contribution >= 4 is 34.2 Å². The van der Waals surface area contributed by atoms with Crippen LogP contribution in [0.3, 0.4) is 0 Å². The molecule has 1 heterocycles. The second-order valence-electron chi connectivity index (χ2n) is 4.58. The van der Waals surface area contributed by atoms with Crippen molar-refractivity contribution in [2.45, 2.75) is 32.9 Å². The van der Waals surface area contributed by atoms with Crippen molar-refractivity contribution < 1.29 is 0 Å². The molecule has 2 N–H and O–H groups in total. The molecule has 0 aliphatic rings. The van der Waals surface area contributed by atoms with E-state index < -0.39 is 0 Å². The van der Waals surface area contributed by atoms with E-state index in [1.807, 2.05) is 29.8 Å². The second kappa shape index (κ2) is 6.24. The molecule has 5 heteroatoms. The van der Waals surface area contributed by atoms with Crippen LogP contribution in [-0.2, 0) is 13.0 Å². The number of hydrogen-bond acceptors (Lipinski definition) is 2. The van der Waals surface area contributed by atoms with E-state index in [0.717, 1.165) is 32.8 Å². The average molecular weight is 390 g/mol. The van der Waals surface area contributed by atoms with Gasteiger partial charge in [0, 0.05) is 28.3 Å². The Morgan fingerprint density at radius 2 is 2.16 bits per heavy atom. The molecular formula is C14H17ClIN3. The Morgan fingerprint density at radius 3 is 2.79 bits per heavy atom. The van der Waals surface area contributed by atoms with Crippen molar-refractivity contribution in [2.75, 3.05) is 0 Å². The predicted octanol–water partition coefficient (Wildman–Crippen LogP) is 3.71. The number of nitrogens with two attached hydrogens (primary N) is 1. The van der Waals surface area contributed by atoms with Gasteiger partial charge in [0.25, 0.3) is 0 Å². The van der Waals surface area contributed by atoms with Crippen LogP contribution in [0.1, 0.15) is 29.9 Å². The first-order valence-electron chi connectivity index (χ1n) is 6.25. The molecule has 3 nitrogen and oxygen atoms in total. The first kappa shape index (κ1) is 14.8. The lowest BCUT2D eigenvalue weighted by molar-refractivity contribution is 0.587. The average Bonchev–Trinajstić information content (AvgIpc) is 2.72. The number of aryl methyl sites for hydroxylation is 2. The summed E-state index contributed by atoms with van der Waals surface area (Å²) >= 11 is 8.36. The topological polar surface area (TPSA) is 43.8 Å². The van der Waals surface area contributed by atoms with Gasteiger partial charge >= 0.3 is 0 Å². The summed E-state index contributed by atoms with van der Waals surface area (Å²) in [5.41, 5.74) is 9.54. The first-order valence-corrected chi connectivity index (χ1v) is 7.70. The maximum absolute atomic E-state index is 6.28. The van der Waals surface area contributed by atoms with Crippen LogP contribution in [0.4, 0.5) is 0 Å². The van der Waals surface area contributed by atoms with Gasteiger partial charge in [-0.3, -0.25) is 4.68 Å². The lowest BCUT2D eigenvalue weighted by Gasteiger charge is -2.13. The number of hydrogen-bond donors (Lipinski definition) is 1. The number of rotatable bonds is 4. The summed E-state index contributed by atoms with van der Waals surface area (Å²) in [5.74, 6) is 0. The highest BCUT2D eigenvalue weighted by molar-refractivity contribution is 14.1. The van der Waals surface area contributed by atoms with E-state index in [4.69, 9.17) is 17.3 Å². The smallest absolute Gasteiger partial charge is 0.0596 e. The Bertz CT molecular complexity index is 580. The Labute approximate surface area is 132 Å². The Balaban J connectivity index is 2.20. The van der Waals surface area contributed by atoms with Crippen LogP contribution in [-0.4, -0.2) is 9.78 Å². The molecule has 0 bridgehead atoms. The van der Waals surface area contributed by atoms with Crippen LogP contribution in [0.5, 0.6) is 0 Å². The number of benzene rings is 1. The lowest BCUT2D eigenvalue weighted by Crippen LogP contribution is -2.16. The monoisotopic (exact) mass is 389 g/mol. The van der Waals surface area contributed by atoms with E-state index in [1.165, 1.54) is 5.69 Å². The summed E-state index contributed by atoms with van der Waals surface area (Å²) in [5, 5.41) is 5.20. The minimum atomic E-state index is -0.0594. The molecule has 0 saturated heterocycles. The Kier molecular flexibility index (Phi) is 4.86. The normalized spacial score (nSPS) is 12.7. The van der Waals surface area contributed by atoms with Gasteiger partial charge in [-0.1, -0.05) is 17.7 Å². The summed E-state index contributed by atoms with van der Waals surface area (Å²) < 4.78 is 3.05. The van der Waals surface area contributed by atoms with E-state index in [2.05, 4.69) is 40.7 Å². The van der Waals surface area contributed by atoms with Gasteiger partial charge in [-0.05, 0) is 60.2 Å². The molecule has 2 aromatic rings. The molecule has 1 aromatic carbocycles. The van der Waals surface area contributed by atoms with Gasteiger partial charge in [-0.25, -0.2) is 0 Å². The molecule has 0 spiro atoms. The maximum atomic E-state index is 6.28. The molecule has 1 atom stereocenters. The van der Waals surface area contributed by atoms with Crippen LogP contribution in [0, 0.1) is 10.5 Å². The second-order valence-corrected chi connectivity index (χ2v) is 6.15. The molecule has 2 rings (SSSR count). The minimum absolute atomic E-state index is 0.0594. The minimum Gasteiger partial charge on any atom is -0.324 e. The van der Waals surface area contributed by atoms with Gasteiger partial charge < -0.3 is 5.73 Å². The van der Waals surface area contributed by atoms with Gasteiger partial charge in [-0.15, -0.1) is 0 Å². The molecule has 0 aliphatic carbocycles. The number of nitrogens with zero attached hydrogens (tertiary/aromatic N) is 2. The van der Waals surface area contributed by atoms with E-state index in [9.17, 15) is 0 Å². The van der Waals surface area contributed by atoms with Crippen LogP contribution in [0.15, 0.2) is 24.3 Å². The molecule has 0 aliphatic heterocycles. The summed E-state index contributed by atoms with van der Waals surface area (Å²) in [4.78, 5) is 0. The fraction of sp³-hybridized carbons (Fsp3) is 0.357. The quantitative estimate of drug-likeness (QED) is 0.810. The van der Waals surface area contributed by atoms with E-state index in [0.29, 0.717) is 0 Å². The summed E-state index contributed by atoms with van der Waals surface area (Å²) in [6.45, 7) is 4.95. The summed E-state index contributed by atoms with van der Waals surface area (Å²) in [6.07, 6.45) is 0.769. The third kappa shape index (κ3) is 3.49. The molecule has 1 aromatic heterocycles. The molecule has 0 radical (unpaired) electrons. The number of halogens is 2. The zero-order valence-corrected chi connectivity index (χ0v) is 13.9. The maximum Gasteiger partial charge on any atom is 0.0596 e. The van der Waals surface area contributed by atoms with Gasteiger partial charge in [0.1, 0.15) is 0 Å². The summed E-state index contributed by atoms with van der Waals surface area (Å²) in [6, 6.07) is 8.03. The van der Waals surface area contributed by atoms with Gasteiger partial charge in [0.15, 0.2) is 0 Å². The third-order valence-corrected chi connectivity index (χ3v) is 4.66. The zero-order chi connectivity index (χ0) is 14.0. The SMILES string of the molecule is CCn1nc(C)cc1CC(N)c1ccc(I)c(Cl)c1. The zero-order valence-electron chi connectivity index (χ0n) is 11.0. The molecule has 0 saturated carbocycles. The van der Waals surface area contributed by atoms with Crippen molar-refractivity contribution in [3.63, 3.8) is 0 Å². The van der Waals surface area contributed by atoms with Crippen molar-refractivity contribution in [3.8, 4) is 0 Å². The molecular weight excluding hydrogens is 373 g/mol. The fourth-order valence-electron chi connectivity index (χ4n) is 2.12. The third-order valence-electron chi connectivity index (χ3n) is 3.09. The molecule has 19 heavy (non-hydrogen) atoms. The van der Waals surface area contributed by atoms with Crippen LogP contribution in [0.2, 0.25) is 5.02 Å². The van der Waals surface area contributed by atoms with Crippen LogP contribution >= 0.6 is 34.2 Å². The largest absolute Gasteiger partial charge is 0.324 e. The standard InChI is InChI=1S/C14H17ClIN3/c1-3-19-11(6-9(2)18-19)8-14(17)10-4-5-13(16)12(15)7-10/h4-7,14H,3,8,17H2,1-2H3. The molecule has 0 fully saturated rings. The molecule has 102 valence electrons. The lowest BCUT2D eigenvalue weighted by atomic mass is 10.0. The van der Waals surface area contributed by atoms with Crippen molar-refractivity contribution in [2.24, 2.45) is 5.73 Å². The fourth-order valence-corrected chi connectivity index (χ4v) is 2.65. The van der Waals surface area contributed by atoms with Crippen LogP contribution < -0.4 is 5.73 Å². The van der Waals surface area contributed by atoms with Gasteiger partial charge in [0.2, 0.25) is 0 Å². The van der Waals surface area contributed by atoms with Gasteiger partial charge in [-0.2, -0.15) is 5.10 Å². The van der Waals surface area contributed by atoms with E-state index in [1.54, 1.807) is 0 Å². The van der Waals surface area contributed by atoms with Crippen molar-refractivity contribution in [1.29, 1.82) is 0 Å². The van der Waals surface area contributed by atoms with Gasteiger partial charge in [0.05, 0.1) is 10.7 Å². The Hall–Kier alpha value is -0.590. The first-order chi connectivity index (χ1) is 9.01. The number of aromatic nitrogens is 2. The van der Waals surface area contributed by atoms with Crippen molar-refractivity contribution in [3.05, 3.63) is 49.8 Å². The van der Waals surface area contributed by atoms with Crippen LogP contribution in [0.25, 0.3) is 0 Å². The molecule has 0 amide bonds.